The van der Waals surface area contributed by atoms with Crippen molar-refractivity contribution in [1.82, 2.24) is 0 Å². The van der Waals surface area contributed by atoms with Crippen LogP contribution in [0.2, 0.25) is 0 Å². The number of hydrogen-bond donors (Lipinski definition) is 2. The molecule has 1 aliphatic carbocycles. The van der Waals surface area contributed by atoms with Gasteiger partial charge in [-0.1, -0.05) is 31.9 Å². The van der Waals surface area contributed by atoms with E-state index in [0.29, 0.717) is 25.2 Å². The van der Waals surface area contributed by atoms with Crippen LogP contribution in [0.25, 0.3) is 0 Å². The monoisotopic (exact) mass is 341 g/mol. The molecule has 1 fully saturated rings. The van der Waals surface area contributed by atoms with Crippen molar-refractivity contribution < 1.29 is 9.84 Å². The second-order valence-electron chi connectivity index (χ2n) is 5.65. The number of para-hydroxylation sites is 1. The molecule has 20 heavy (non-hydrogen) atoms. The molecule has 4 heteroatoms. The number of aliphatic hydroxyl groups is 1. The second kappa shape index (κ2) is 8.01. The summed E-state index contributed by atoms with van der Waals surface area (Å²) in [6.07, 6.45) is 4.78. The van der Waals surface area contributed by atoms with Crippen molar-refractivity contribution in [3.8, 4) is 0 Å². The van der Waals surface area contributed by atoms with Crippen molar-refractivity contribution in [1.29, 1.82) is 0 Å². The van der Waals surface area contributed by atoms with Gasteiger partial charge < -0.3 is 15.2 Å². The Balaban J connectivity index is 1.70. The highest BCUT2D eigenvalue weighted by molar-refractivity contribution is 9.10. The number of ether oxygens (including phenoxy) is 1. The molecule has 1 aliphatic rings. The van der Waals surface area contributed by atoms with Crippen LogP contribution in [-0.2, 0) is 4.74 Å². The van der Waals surface area contributed by atoms with Gasteiger partial charge in [-0.15, -0.1) is 0 Å². The molecule has 1 aromatic carbocycles. The van der Waals surface area contributed by atoms with E-state index in [9.17, 15) is 5.11 Å². The van der Waals surface area contributed by atoms with E-state index in [1.54, 1.807) is 0 Å². The number of rotatable bonds is 6. The first kappa shape index (κ1) is 15.8. The normalized spacial score (nSPS) is 24.4. The second-order valence-corrected chi connectivity index (χ2v) is 6.50. The summed E-state index contributed by atoms with van der Waals surface area (Å²) in [7, 11) is 0. The number of halogens is 1. The van der Waals surface area contributed by atoms with Crippen LogP contribution in [-0.4, -0.2) is 30.5 Å². The molecule has 0 aromatic heterocycles. The quantitative estimate of drug-likeness (QED) is 0.826. The molecule has 0 saturated heterocycles. The summed E-state index contributed by atoms with van der Waals surface area (Å²) in [5, 5.41) is 13.3. The van der Waals surface area contributed by atoms with E-state index in [-0.39, 0.29) is 0 Å². The zero-order valence-electron chi connectivity index (χ0n) is 12.0. The van der Waals surface area contributed by atoms with Crippen LogP contribution in [0.1, 0.15) is 32.6 Å². The topological polar surface area (TPSA) is 41.5 Å². The van der Waals surface area contributed by atoms with E-state index in [4.69, 9.17) is 4.74 Å². The number of hydrogen-bond acceptors (Lipinski definition) is 3. The van der Waals surface area contributed by atoms with Gasteiger partial charge in [0.25, 0.3) is 0 Å². The maximum atomic E-state index is 10.0. The Morgan fingerprint density at radius 1 is 1.35 bits per heavy atom. The molecule has 0 radical (unpaired) electrons. The van der Waals surface area contributed by atoms with Gasteiger partial charge in [-0.25, -0.2) is 0 Å². The fourth-order valence-corrected chi connectivity index (χ4v) is 3.08. The van der Waals surface area contributed by atoms with Crippen molar-refractivity contribution in [2.45, 2.75) is 44.8 Å². The Hall–Kier alpha value is -0.580. The van der Waals surface area contributed by atoms with Crippen LogP contribution in [0.4, 0.5) is 5.69 Å². The van der Waals surface area contributed by atoms with Gasteiger partial charge in [0.15, 0.2) is 0 Å². The predicted octanol–water partition coefficient (Wildman–Crippen LogP) is 3.82. The maximum Gasteiger partial charge on any atom is 0.0945 e. The molecule has 1 aromatic rings. The number of aliphatic hydroxyl groups excluding tert-OH is 1. The minimum Gasteiger partial charge on any atom is -0.389 e. The first-order valence-corrected chi connectivity index (χ1v) is 8.24. The molecule has 0 amide bonds. The summed E-state index contributed by atoms with van der Waals surface area (Å²) in [5.74, 6) is 0.618. The minimum atomic E-state index is -0.476. The highest BCUT2D eigenvalue weighted by Crippen LogP contribution is 2.26. The van der Waals surface area contributed by atoms with E-state index < -0.39 is 6.10 Å². The lowest BCUT2D eigenvalue weighted by Gasteiger charge is -2.29. The average molecular weight is 342 g/mol. The molecular weight excluding hydrogens is 318 g/mol. The van der Waals surface area contributed by atoms with Gasteiger partial charge in [-0.05, 0) is 46.8 Å². The molecule has 0 heterocycles. The van der Waals surface area contributed by atoms with E-state index >= 15 is 0 Å². The van der Waals surface area contributed by atoms with Gasteiger partial charge in [-0.2, -0.15) is 0 Å². The molecule has 0 spiro atoms. The Kier molecular flexibility index (Phi) is 6.33. The summed E-state index contributed by atoms with van der Waals surface area (Å²) in [6, 6.07) is 7.91. The third kappa shape index (κ3) is 4.76. The molecule has 2 rings (SSSR count). The predicted molar refractivity (Wildman–Crippen MR) is 86.0 cm³/mol. The van der Waals surface area contributed by atoms with Gasteiger partial charge in [0.1, 0.15) is 0 Å². The van der Waals surface area contributed by atoms with Crippen molar-refractivity contribution >= 4 is 21.6 Å². The van der Waals surface area contributed by atoms with Crippen LogP contribution in [0.15, 0.2) is 28.7 Å². The molecule has 3 nitrogen and oxygen atoms in total. The third-order valence-corrected chi connectivity index (χ3v) is 4.63. The molecule has 2 N–H and O–H groups in total. The third-order valence-electron chi connectivity index (χ3n) is 3.94. The van der Waals surface area contributed by atoms with Gasteiger partial charge in [-0.3, -0.25) is 0 Å². The van der Waals surface area contributed by atoms with E-state index in [2.05, 4.69) is 28.2 Å². The van der Waals surface area contributed by atoms with Gasteiger partial charge >= 0.3 is 0 Å². The Bertz CT molecular complexity index is 413. The minimum absolute atomic E-state index is 0.321. The van der Waals surface area contributed by atoms with E-state index in [1.807, 2.05) is 24.3 Å². The van der Waals surface area contributed by atoms with Crippen molar-refractivity contribution in [2.24, 2.45) is 5.92 Å². The van der Waals surface area contributed by atoms with Crippen LogP contribution in [0.5, 0.6) is 0 Å². The van der Waals surface area contributed by atoms with Crippen LogP contribution >= 0.6 is 15.9 Å². The van der Waals surface area contributed by atoms with Crippen LogP contribution in [0.3, 0.4) is 0 Å². The molecule has 3 unspecified atom stereocenters. The summed E-state index contributed by atoms with van der Waals surface area (Å²) in [4.78, 5) is 0. The lowest BCUT2D eigenvalue weighted by molar-refractivity contribution is -0.0424. The van der Waals surface area contributed by atoms with Gasteiger partial charge in [0.05, 0.1) is 18.8 Å². The zero-order valence-corrected chi connectivity index (χ0v) is 13.6. The summed E-state index contributed by atoms with van der Waals surface area (Å²) < 4.78 is 6.88. The first-order valence-electron chi connectivity index (χ1n) is 7.45. The molecular formula is C16H24BrNO2. The maximum absolute atomic E-state index is 10.0. The van der Waals surface area contributed by atoms with Crippen LogP contribution in [0, 0.1) is 5.92 Å². The summed E-state index contributed by atoms with van der Waals surface area (Å²) in [5.41, 5.74) is 0.998. The SMILES string of the molecule is CC1CCCCC1OCC(O)CNc1ccccc1Br. The Morgan fingerprint density at radius 3 is 2.85 bits per heavy atom. The average Bonchev–Trinajstić information content (AvgIpc) is 2.45. The van der Waals surface area contributed by atoms with Crippen molar-refractivity contribution in [3.63, 3.8) is 0 Å². The fourth-order valence-electron chi connectivity index (χ4n) is 2.66. The summed E-state index contributed by atoms with van der Waals surface area (Å²) >= 11 is 3.48. The number of benzene rings is 1. The largest absolute Gasteiger partial charge is 0.389 e. The smallest absolute Gasteiger partial charge is 0.0945 e. The van der Waals surface area contributed by atoms with Crippen LogP contribution < -0.4 is 5.32 Å². The zero-order chi connectivity index (χ0) is 14.4. The molecule has 0 bridgehead atoms. The standard InChI is InChI=1S/C16H24BrNO2/c1-12-6-2-5-9-16(12)20-11-13(19)10-18-15-8-4-3-7-14(15)17/h3-4,7-8,12-13,16,18-19H,2,5-6,9-11H2,1H3. The van der Waals surface area contributed by atoms with E-state index in [1.165, 1.54) is 19.3 Å². The highest BCUT2D eigenvalue weighted by Gasteiger charge is 2.22. The molecule has 0 aliphatic heterocycles. The lowest BCUT2D eigenvalue weighted by Crippen LogP contribution is -2.32. The number of nitrogens with one attached hydrogen (secondary N) is 1. The molecule has 1 saturated carbocycles. The van der Waals surface area contributed by atoms with Crippen molar-refractivity contribution in [3.05, 3.63) is 28.7 Å². The fraction of sp³-hybridized carbons (Fsp3) is 0.625. The highest BCUT2D eigenvalue weighted by atomic mass is 79.9. The van der Waals surface area contributed by atoms with E-state index in [0.717, 1.165) is 16.6 Å². The summed E-state index contributed by atoms with van der Waals surface area (Å²) in [6.45, 7) is 3.16. The van der Waals surface area contributed by atoms with Gasteiger partial charge in [0.2, 0.25) is 0 Å². The first-order chi connectivity index (χ1) is 9.66. The van der Waals surface area contributed by atoms with Gasteiger partial charge in [0, 0.05) is 16.7 Å². The number of anilines is 1. The van der Waals surface area contributed by atoms with Crippen molar-refractivity contribution in [2.75, 3.05) is 18.5 Å². The molecule has 112 valence electrons. The Labute approximate surface area is 129 Å². The lowest BCUT2D eigenvalue weighted by atomic mass is 9.88. The Morgan fingerprint density at radius 2 is 2.10 bits per heavy atom. The molecule has 3 atom stereocenters.